The average molecular weight is 435 g/mol. The third-order valence-corrected chi connectivity index (χ3v) is 5.68. The second-order valence-corrected chi connectivity index (χ2v) is 7.91. The maximum absolute atomic E-state index is 12.7. The van der Waals surface area contributed by atoms with Crippen LogP contribution in [-0.4, -0.2) is 61.4 Å². The first kappa shape index (κ1) is 23.3. The molecule has 1 aliphatic heterocycles. The van der Waals surface area contributed by atoms with Crippen LogP contribution in [0, 0.1) is 11.3 Å². The van der Waals surface area contributed by atoms with Crippen molar-refractivity contribution in [1.82, 2.24) is 9.80 Å². The van der Waals surface area contributed by atoms with Crippen molar-refractivity contribution < 1.29 is 14.3 Å². The van der Waals surface area contributed by atoms with Gasteiger partial charge in [-0.05, 0) is 61.3 Å². The Labute approximate surface area is 189 Å². The number of carbonyl (C=O) groups is 2. The minimum Gasteiger partial charge on any atom is -0.497 e. The van der Waals surface area contributed by atoms with Gasteiger partial charge < -0.3 is 19.9 Å². The van der Waals surface area contributed by atoms with Crippen molar-refractivity contribution in [2.75, 3.05) is 45.2 Å². The smallest absolute Gasteiger partial charge is 0.225 e. The predicted octanol–water partition coefficient (Wildman–Crippen LogP) is 3.06. The third kappa shape index (κ3) is 7.10. The summed E-state index contributed by atoms with van der Waals surface area (Å²) in [5.74, 6) is 0.950. The molecule has 0 aromatic heterocycles. The zero-order chi connectivity index (χ0) is 22.8. The number of amides is 2. The highest BCUT2D eigenvalue weighted by Crippen LogP contribution is 2.14. The molecule has 1 saturated heterocycles. The molecule has 1 N–H and O–H groups in total. The fraction of sp³-hybridized carbons (Fsp3) is 0.400. The molecule has 0 bridgehead atoms. The number of aryl methyl sites for hydroxylation is 1. The lowest BCUT2D eigenvalue weighted by Gasteiger charge is -2.22. The van der Waals surface area contributed by atoms with E-state index in [1.165, 1.54) is 0 Å². The van der Waals surface area contributed by atoms with Crippen LogP contribution < -0.4 is 10.1 Å². The topological polar surface area (TPSA) is 85.7 Å². The van der Waals surface area contributed by atoms with Gasteiger partial charge in [-0.3, -0.25) is 9.59 Å². The Morgan fingerprint density at radius 1 is 1.00 bits per heavy atom. The Kier molecular flexibility index (Phi) is 8.64. The SMILES string of the molecule is COc1ccc(CCC(=O)N2CCCN(CCC(=O)Nc3ccc(C#N)cc3)CC2)cc1. The van der Waals surface area contributed by atoms with E-state index in [1.54, 1.807) is 31.4 Å². The fourth-order valence-corrected chi connectivity index (χ4v) is 3.76. The van der Waals surface area contributed by atoms with Crippen LogP contribution >= 0.6 is 0 Å². The Hall–Kier alpha value is -3.37. The molecule has 0 atom stereocenters. The van der Waals surface area contributed by atoms with E-state index in [0.29, 0.717) is 37.2 Å². The summed E-state index contributed by atoms with van der Waals surface area (Å²) in [5.41, 5.74) is 2.39. The van der Waals surface area contributed by atoms with Gasteiger partial charge in [-0.2, -0.15) is 5.26 Å². The summed E-state index contributed by atoms with van der Waals surface area (Å²) in [7, 11) is 1.64. The number of hydrogen-bond acceptors (Lipinski definition) is 5. The molecule has 2 aromatic rings. The zero-order valence-electron chi connectivity index (χ0n) is 18.5. The van der Waals surface area contributed by atoms with E-state index in [2.05, 4.69) is 16.3 Å². The van der Waals surface area contributed by atoms with Gasteiger partial charge in [0.2, 0.25) is 11.8 Å². The van der Waals surface area contributed by atoms with Crippen LogP contribution in [0.2, 0.25) is 0 Å². The first-order valence-electron chi connectivity index (χ1n) is 11.0. The van der Waals surface area contributed by atoms with Gasteiger partial charge in [-0.1, -0.05) is 12.1 Å². The van der Waals surface area contributed by atoms with Crippen molar-refractivity contribution in [2.45, 2.75) is 25.7 Å². The normalized spacial score (nSPS) is 14.3. The number of methoxy groups -OCH3 is 1. The number of hydrogen-bond donors (Lipinski definition) is 1. The molecule has 1 heterocycles. The van der Waals surface area contributed by atoms with E-state index in [4.69, 9.17) is 10.00 Å². The number of nitriles is 1. The number of rotatable bonds is 8. The fourth-order valence-electron chi connectivity index (χ4n) is 3.76. The molecule has 0 aliphatic carbocycles. The molecular weight excluding hydrogens is 404 g/mol. The van der Waals surface area contributed by atoms with E-state index in [1.807, 2.05) is 29.2 Å². The van der Waals surface area contributed by atoms with Crippen LogP contribution in [0.25, 0.3) is 0 Å². The van der Waals surface area contributed by atoms with Gasteiger partial charge in [0.15, 0.2) is 0 Å². The third-order valence-electron chi connectivity index (χ3n) is 5.68. The summed E-state index contributed by atoms with van der Waals surface area (Å²) in [6.45, 7) is 3.77. The van der Waals surface area contributed by atoms with Crippen molar-refractivity contribution >= 4 is 17.5 Å². The molecule has 32 heavy (non-hydrogen) atoms. The van der Waals surface area contributed by atoms with Crippen molar-refractivity contribution in [2.24, 2.45) is 0 Å². The Morgan fingerprint density at radius 2 is 1.75 bits per heavy atom. The predicted molar refractivity (Wildman–Crippen MR) is 123 cm³/mol. The molecule has 2 aromatic carbocycles. The van der Waals surface area contributed by atoms with Gasteiger partial charge in [0, 0.05) is 44.7 Å². The number of anilines is 1. The highest BCUT2D eigenvalue weighted by atomic mass is 16.5. The van der Waals surface area contributed by atoms with E-state index in [-0.39, 0.29) is 11.8 Å². The Balaban J connectivity index is 1.38. The first-order valence-corrected chi connectivity index (χ1v) is 11.0. The molecule has 0 saturated carbocycles. The Morgan fingerprint density at radius 3 is 2.44 bits per heavy atom. The van der Waals surface area contributed by atoms with Gasteiger partial charge >= 0.3 is 0 Å². The van der Waals surface area contributed by atoms with E-state index in [0.717, 1.165) is 43.8 Å². The van der Waals surface area contributed by atoms with Crippen LogP contribution in [0.4, 0.5) is 5.69 Å². The summed E-state index contributed by atoms with van der Waals surface area (Å²) in [5, 5.41) is 11.7. The van der Waals surface area contributed by atoms with Gasteiger partial charge in [0.1, 0.15) is 5.75 Å². The number of nitrogens with one attached hydrogen (secondary N) is 1. The van der Waals surface area contributed by atoms with E-state index >= 15 is 0 Å². The molecule has 1 fully saturated rings. The van der Waals surface area contributed by atoms with Crippen LogP contribution in [0.15, 0.2) is 48.5 Å². The lowest BCUT2D eigenvalue weighted by molar-refractivity contribution is -0.131. The number of ether oxygens (including phenoxy) is 1. The molecule has 168 valence electrons. The van der Waals surface area contributed by atoms with E-state index in [9.17, 15) is 9.59 Å². The number of benzene rings is 2. The summed E-state index contributed by atoms with van der Waals surface area (Å²) in [4.78, 5) is 29.1. The lowest BCUT2D eigenvalue weighted by atomic mass is 10.1. The number of carbonyl (C=O) groups excluding carboxylic acids is 2. The maximum atomic E-state index is 12.7. The minimum absolute atomic E-state index is 0.0496. The summed E-state index contributed by atoms with van der Waals surface area (Å²) >= 11 is 0. The molecule has 3 rings (SSSR count). The highest BCUT2D eigenvalue weighted by molar-refractivity contribution is 5.90. The Bertz CT molecular complexity index is 935. The van der Waals surface area contributed by atoms with Gasteiger partial charge in [-0.25, -0.2) is 0 Å². The van der Waals surface area contributed by atoms with Crippen molar-refractivity contribution in [3.63, 3.8) is 0 Å². The molecule has 7 nitrogen and oxygen atoms in total. The van der Waals surface area contributed by atoms with Crippen molar-refractivity contribution in [3.8, 4) is 11.8 Å². The number of nitrogens with zero attached hydrogens (tertiary/aromatic N) is 3. The average Bonchev–Trinajstić information content (AvgIpc) is 3.08. The molecule has 7 heteroatoms. The molecule has 0 spiro atoms. The quantitative estimate of drug-likeness (QED) is 0.690. The molecule has 1 aliphatic rings. The molecule has 0 radical (unpaired) electrons. The second-order valence-electron chi connectivity index (χ2n) is 7.91. The molecule has 2 amide bonds. The summed E-state index contributed by atoms with van der Waals surface area (Å²) < 4.78 is 5.17. The molecular formula is C25H30N4O3. The minimum atomic E-state index is -0.0496. The lowest BCUT2D eigenvalue weighted by Crippen LogP contribution is -2.36. The van der Waals surface area contributed by atoms with E-state index < -0.39 is 0 Å². The van der Waals surface area contributed by atoms with Crippen LogP contribution in [0.5, 0.6) is 5.75 Å². The largest absolute Gasteiger partial charge is 0.497 e. The standard InChI is InChI=1S/C25H30N4O3/c1-32-23-10-5-20(6-11-23)7-12-25(31)29-15-2-14-28(17-18-29)16-13-24(30)27-22-8-3-21(19-26)4-9-22/h3-6,8-11H,2,7,12-18H2,1H3,(H,27,30). The summed E-state index contributed by atoms with van der Waals surface area (Å²) in [6.07, 6.45) is 2.52. The monoisotopic (exact) mass is 434 g/mol. The van der Waals surface area contributed by atoms with Crippen LogP contribution in [-0.2, 0) is 16.0 Å². The molecule has 0 unspecified atom stereocenters. The second kappa shape index (κ2) is 11.9. The summed E-state index contributed by atoms with van der Waals surface area (Å²) in [6, 6.07) is 16.7. The first-order chi connectivity index (χ1) is 15.6. The van der Waals surface area contributed by atoms with Crippen LogP contribution in [0.1, 0.15) is 30.4 Å². The van der Waals surface area contributed by atoms with Gasteiger partial charge in [-0.15, -0.1) is 0 Å². The van der Waals surface area contributed by atoms with Gasteiger partial charge in [0.05, 0.1) is 18.7 Å². The van der Waals surface area contributed by atoms with Crippen LogP contribution in [0.3, 0.4) is 0 Å². The highest BCUT2D eigenvalue weighted by Gasteiger charge is 2.19. The zero-order valence-corrected chi connectivity index (χ0v) is 18.5. The van der Waals surface area contributed by atoms with Crippen molar-refractivity contribution in [1.29, 1.82) is 5.26 Å². The maximum Gasteiger partial charge on any atom is 0.225 e. The van der Waals surface area contributed by atoms with Gasteiger partial charge in [0.25, 0.3) is 0 Å². The van der Waals surface area contributed by atoms with Crippen molar-refractivity contribution in [3.05, 3.63) is 59.7 Å².